The molecule has 0 saturated carbocycles. The highest BCUT2D eigenvalue weighted by Gasteiger charge is 1.97. The average Bonchev–Trinajstić information content (AvgIpc) is 2.38. The summed E-state index contributed by atoms with van der Waals surface area (Å²) in [6.07, 6.45) is 9.82. The number of allylic oxidation sites excluding steroid dienone is 2. The van der Waals surface area contributed by atoms with Gasteiger partial charge in [0.1, 0.15) is 25.5 Å². The van der Waals surface area contributed by atoms with E-state index in [9.17, 15) is 0 Å². The minimum absolute atomic E-state index is 0. The fraction of sp³-hybridized carbons (Fsp3) is 0.222. The maximum atomic E-state index is 3.66. The second kappa shape index (κ2) is 5.41. The normalized spacial score (nSPS) is 8.67. The third kappa shape index (κ3) is 2.78. The Bertz CT molecular complexity index is 228. The molecule has 0 bridgehead atoms. The zero-order chi connectivity index (χ0) is 8.10. The van der Waals surface area contributed by atoms with Crippen molar-refractivity contribution in [3.05, 3.63) is 44.0 Å². The summed E-state index contributed by atoms with van der Waals surface area (Å²) in [4.78, 5) is 0. The van der Waals surface area contributed by atoms with Crippen LogP contribution in [0.3, 0.4) is 0 Å². The maximum absolute atomic E-state index is 3.66. The van der Waals surface area contributed by atoms with Gasteiger partial charge in [-0.3, -0.25) is 0 Å². The number of aromatic nitrogens is 2. The van der Waals surface area contributed by atoms with Gasteiger partial charge in [-0.2, -0.15) is 0 Å². The number of rotatable bonds is 4. The van der Waals surface area contributed by atoms with Crippen LogP contribution in [-0.4, -0.2) is 13.0 Å². The molecule has 0 fully saturated rings. The van der Waals surface area contributed by atoms with Gasteiger partial charge in [0.15, 0.2) is 0 Å². The zero-order valence-electron chi connectivity index (χ0n) is 6.61. The van der Waals surface area contributed by atoms with E-state index < -0.39 is 0 Å². The van der Waals surface area contributed by atoms with Gasteiger partial charge in [-0.15, -0.1) is 0 Å². The van der Waals surface area contributed by atoms with Gasteiger partial charge in [0, 0.05) is 0 Å². The number of hydrogen-bond donors (Lipinski definition) is 0. The quantitative estimate of drug-likeness (QED) is 0.328. The lowest BCUT2D eigenvalue weighted by atomic mass is 10.6. The van der Waals surface area contributed by atoms with Crippen molar-refractivity contribution in [2.75, 3.05) is 0 Å². The lowest BCUT2D eigenvalue weighted by Gasteiger charge is -1.86. The van der Waals surface area contributed by atoms with E-state index >= 15 is 0 Å². The Morgan fingerprint density at radius 3 is 2.67 bits per heavy atom. The van der Waals surface area contributed by atoms with E-state index in [4.69, 9.17) is 0 Å². The molecule has 0 unspecified atom stereocenters. The summed E-state index contributed by atoms with van der Waals surface area (Å²) < 4.78 is 4.13. The lowest BCUT2D eigenvalue weighted by Crippen LogP contribution is -2.29. The van der Waals surface area contributed by atoms with E-state index in [0.717, 1.165) is 13.1 Å². The summed E-state index contributed by atoms with van der Waals surface area (Å²) >= 11 is 0. The first-order chi connectivity index (χ1) is 5.36. The molecule has 0 aliphatic heterocycles. The van der Waals surface area contributed by atoms with E-state index in [-0.39, 0.29) is 8.41 Å². The molecule has 0 spiro atoms. The van der Waals surface area contributed by atoms with Crippen LogP contribution < -0.4 is 4.57 Å². The maximum Gasteiger partial charge on any atom is 0.244 e. The molecule has 0 atom stereocenters. The molecule has 2 nitrogen and oxygen atoms in total. The largest absolute Gasteiger partial charge is 0.244 e. The van der Waals surface area contributed by atoms with E-state index in [1.54, 1.807) is 0 Å². The number of hydrogen-bond acceptors (Lipinski definition) is 0. The molecular formula is C9H17BN2. The van der Waals surface area contributed by atoms with Crippen LogP contribution >= 0.6 is 0 Å². The molecule has 1 rings (SSSR count). The average molecular weight is 164 g/mol. The number of imidazole rings is 1. The minimum atomic E-state index is 0. The van der Waals surface area contributed by atoms with Crippen molar-refractivity contribution in [2.45, 2.75) is 13.1 Å². The van der Waals surface area contributed by atoms with Crippen LogP contribution in [0.2, 0.25) is 0 Å². The minimum Gasteiger partial charge on any atom is -0.233 e. The van der Waals surface area contributed by atoms with Crippen molar-refractivity contribution in [1.82, 2.24) is 4.57 Å². The van der Waals surface area contributed by atoms with Crippen LogP contribution in [0, 0.1) is 0 Å². The van der Waals surface area contributed by atoms with Crippen LogP contribution in [0.15, 0.2) is 44.0 Å². The van der Waals surface area contributed by atoms with Crippen LogP contribution in [-0.2, 0) is 13.1 Å². The highest BCUT2D eigenvalue weighted by molar-refractivity contribution is 5.75. The van der Waals surface area contributed by atoms with Crippen molar-refractivity contribution in [1.29, 1.82) is 0 Å². The zero-order valence-corrected chi connectivity index (χ0v) is 6.61. The molecule has 0 radical (unpaired) electrons. The Morgan fingerprint density at radius 1 is 1.33 bits per heavy atom. The SMILES string of the molecule is C=CCn1cc[n+](CC=C)c1.[BH4-]. The third-order valence-electron chi connectivity index (χ3n) is 1.43. The van der Waals surface area contributed by atoms with Gasteiger partial charge in [0.25, 0.3) is 0 Å². The second-order valence-electron chi connectivity index (χ2n) is 2.38. The molecule has 0 aromatic carbocycles. The summed E-state index contributed by atoms with van der Waals surface area (Å²) in [5, 5.41) is 0. The van der Waals surface area contributed by atoms with E-state index in [0.29, 0.717) is 0 Å². The van der Waals surface area contributed by atoms with Crippen LogP contribution in [0.25, 0.3) is 0 Å². The van der Waals surface area contributed by atoms with Gasteiger partial charge >= 0.3 is 0 Å². The summed E-state index contributed by atoms with van der Waals surface area (Å²) in [7, 11) is 0. The van der Waals surface area contributed by atoms with Crippen molar-refractivity contribution >= 4 is 8.41 Å². The molecule has 0 N–H and O–H groups in total. The Kier molecular flexibility index (Phi) is 4.85. The summed E-state index contributed by atoms with van der Waals surface area (Å²) in [6.45, 7) is 9.05. The van der Waals surface area contributed by atoms with E-state index in [1.807, 2.05) is 30.9 Å². The fourth-order valence-electron chi connectivity index (χ4n) is 0.953. The van der Waals surface area contributed by atoms with Crippen molar-refractivity contribution in [3.8, 4) is 0 Å². The third-order valence-corrected chi connectivity index (χ3v) is 1.43. The Morgan fingerprint density at radius 2 is 2.08 bits per heavy atom. The van der Waals surface area contributed by atoms with Crippen LogP contribution in [0.4, 0.5) is 0 Å². The number of nitrogens with zero attached hydrogens (tertiary/aromatic N) is 2. The van der Waals surface area contributed by atoms with Gasteiger partial charge in [-0.05, 0) is 0 Å². The summed E-state index contributed by atoms with van der Waals surface area (Å²) in [6, 6.07) is 0. The highest BCUT2D eigenvalue weighted by atomic mass is 15.1. The molecule has 1 heterocycles. The lowest BCUT2D eigenvalue weighted by molar-refractivity contribution is -0.686. The molecule has 0 aliphatic rings. The standard InChI is InChI=1S/C9H13N2.BH4/c1-3-5-10-7-8-11(9-10)6-4-2;/h3-4,7-9H,1-2,5-6H2;1H4/q+1;-1. The van der Waals surface area contributed by atoms with Crippen LogP contribution in [0.5, 0.6) is 0 Å². The van der Waals surface area contributed by atoms with Crippen molar-refractivity contribution in [2.24, 2.45) is 0 Å². The van der Waals surface area contributed by atoms with Crippen molar-refractivity contribution in [3.63, 3.8) is 0 Å². The first kappa shape index (κ1) is 10.8. The molecule has 0 aliphatic carbocycles. The van der Waals surface area contributed by atoms with Crippen LogP contribution in [0.1, 0.15) is 0 Å². The van der Waals surface area contributed by atoms with E-state index in [1.165, 1.54) is 0 Å². The smallest absolute Gasteiger partial charge is 0.233 e. The molecule has 12 heavy (non-hydrogen) atoms. The fourth-order valence-corrected chi connectivity index (χ4v) is 0.953. The molecule has 1 aromatic rings. The topological polar surface area (TPSA) is 8.81 Å². The molecule has 1 aromatic heterocycles. The molecule has 3 heteroatoms. The highest BCUT2D eigenvalue weighted by Crippen LogP contribution is 1.84. The molecule has 0 amide bonds. The Labute approximate surface area is 75.4 Å². The molecule has 66 valence electrons. The van der Waals surface area contributed by atoms with Gasteiger partial charge in [0.2, 0.25) is 6.33 Å². The van der Waals surface area contributed by atoms with Gasteiger partial charge < -0.3 is 0 Å². The second-order valence-corrected chi connectivity index (χ2v) is 2.38. The van der Waals surface area contributed by atoms with Gasteiger partial charge in [0.05, 0.1) is 0 Å². The predicted octanol–water partition coefficient (Wildman–Crippen LogP) is -0.304. The first-order valence-electron chi connectivity index (χ1n) is 3.63. The first-order valence-corrected chi connectivity index (χ1v) is 3.63. The summed E-state index contributed by atoms with van der Waals surface area (Å²) in [5.74, 6) is 0. The Hall–Kier alpha value is -1.25. The van der Waals surface area contributed by atoms with Crippen molar-refractivity contribution < 1.29 is 4.57 Å². The Balaban J connectivity index is 0.00000121. The van der Waals surface area contributed by atoms with Gasteiger partial charge in [-0.1, -0.05) is 33.7 Å². The van der Waals surface area contributed by atoms with E-state index in [2.05, 4.69) is 22.3 Å². The van der Waals surface area contributed by atoms with Gasteiger partial charge in [-0.25, -0.2) is 9.13 Å². The molecule has 0 saturated heterocycles. The monoisotopic (exact) mass is 164 g/mol. The predicted molar refractivity (Wildman–Crippen MR) is 56.4 cm³/mol. The molecular weight excluding hydrogens is 147 g/mol. The summed E-state index contributed by atoms with van der Waals surface area (Å²) in [5.41, 5.74) is 0.